The molecule has 15 N–H and O–H groups in total. The summed E-state index contributed by atoms with van der Waals surface area (Å²) >= 11 is 0. The van der Waals surface area contributed by atoms with Crippen molar-refractivity contribution in [3.63, 3.8) is 0 Å². The van der Waals surface area contributed by atoms with Crippen LogP contribution in [0.3, 0.4) is 0 Å². The Morgan fingerprint density at radius 3 is 1.84 bits per heavy atom. The van der Waals surface area contributed by atoms with Gasteiger partial charge in [-0.3, -0.25) is 0 Å². The Kier molecular flexibility index (Phi) is 8.79. The van der Waals surface area contributed by atoms with Crippen LogP contribution in [0.25, 0.3) is 0 Å². The van der Waals surface area contributed by atoms with Crippen LogP contribution in [0, 0.1) is 0 Å². The van der Waals surface area contributed by atoms with Crippen LogP contribution in [-0.2, 0) is 18.9 Å². The number of rotatable bonds is 6. The lowest BCUT2D eigenvalue weighted by Crippen LogP contribution is -2.68. The van der Waals surface area contributed by atoms with Crippen LogP contribution in [0.5, 0.6) is 0 Å². The largest absolute Gasteiger partial charge is 0.394 e. The minimum atomic E-state index is -1.44. The summed E-state index contributed by atoms with van der Waals surface area (Å²) in [6, 6.07) is -3.27. The van der Waals surface area contributed by atoms with Crippen LogP contribution < -0.4 is 28.7 Å². The van der Waals surface area contributed by atoms with Crippen molar-refractivity contribution in [2.24, 2.45) is 28.7 Å². The fourth-order valence-electron chi connectivity index (χ4n) is 4.43. The van der Waals surface area contributed by atoms with E-state index >= 15 is 0 Å². The second-order valence-electron chi connectivity index (χ2n) is 8.78. The first kappa shape index (κ1) is 26.1. The molecule has 0 bridgehead atoms. The third kappa shape index (κ3) is 5.24. The molecule has 0 aromatic rings. The van der Waals surface area contributed by atoms with Gasteiger partial charge in [0, 0.05) is 18.6 Å². The van der Waals surface area contributed by atoms with E-state index in [1.54, 1.807) is 0 Å². The van der Waals surface area contributed by atoms with Gasteiger partial charge in [0.25, 0.3) is 0 Å². The number of ether oxygens (including phenoxy) is 4. The van der Waals surface area contributed by atoms with Crippen LogP contribution in [0.2, 0.25) is 0 Å². The predicted octanol–water partition coefficient (Wildman–Crippen LogP) is -6.30. The van der Waals surface area contributed by atoms with E-state index < -0.39 is 92.2 Å². The number of hydrogen-bond donors (Lipinski definition) is 10. The highest BCUT2D eigenvalue weighted by Gasteiger charge is 2.50. The first-order valence-corrected chi connectivity index (χ1v) is 10.8. The summed E-state index contributed by atoms with van der Waals surface area (Å²) < 4.78 is 22.7. The fraction of sp³-hybridized carbons (Fsp3) is 1.00. The van der Waals surface area contributed by atoms with Gasteiger partial charge in [0.15, 0.2) is 12.6 Å². The van der Waals surface area contributed by atoms with E-state index in [1.165, 1.54) is 0 Å². The Bertz CT molecular complexity index is 607. The molecule has 0 aromatic carbocycles. The summed E-state index contributed by atoms with van der Waals surface area (Å²) in [6.07, 6.45) is -10.8. The van der Waals surface area contributed by atoms with Crippen molar-refractivity contribution in [2.75, 3.05) is 13.2 Å². The van der Waals surface area contributed by atoms with Crippen molar-refractivity contribution in [1.82, 2.24) is 0 Å². The summed E-state index contributed by atoms with van der Waals surface area (Å²) in [5.41, 5.74) is 29.8. The van der Waals surface area contributed by atoms with Crippen LogP contribution in [0.15, 0.2) is 0 Å². The van der Waals surface area contributed by atoms with Gasteiger partial charge in [0.05, 0.1) is 30.9 Å². The Hall–Kier alpha value is -0.560. The van der Waals surface area contributed by atoms with E-state index in [-0.39, 0.29) is 19.4 Å². The minimum absolute atomic E-state index is 0.0542. The fourth-order valence-corrected chi connectivity index (χ4v) is 4.43. The van der Waals surface area contributed by atoms with E-state index in [4.69, 9.17) is 47.6 Å². The molecule has 0 aromatic heterocycles. The predicted molar refractivity (Wildman–Crippen MR) is 108 cm³/mol. The van der Waals surface area contributed by atoms with Crippen molar-refractivity contribution >= 4 is 0 Å². The maximum atomic E-state index is 11.0. The Balaban J connectivity index is 1.70. The average molecular weight is 468 g/mol. The van der Waals surface area contributed by atoms with Crippen molar-refractivity contribution in [3.05, 3.63) is 0 Å². The van der Waals surface area contributed by atoms with Gasteiger partial charge in [-0.25, -0.2) is 0 Å². The molecule has 14 nitrogen and oxygen atoms in total. The van der Waals surface area contributed by atoms with Crippen LogP contribution in [-0.4, -0.2) is 124 Å². The van der Waals surface area contributed by atoms with Crippen LogP contribution in [0.4, 0.5) is 0 Å². The molecule has 14 heteroatoms. The van der Waals surface area contributed by atoms with E-state index in [0.717, 1.165) is 0 Å². The quantitative estimate of drug-likeness (QED) is 0.174. The highest BCUT2D eigenvalue weighted by molar-refractivity contribution is 5.01. The summed E-state index contributed by atoms with van der Waals surface area (Å²) in [5, 5.41) is 50.7. The number of aliphatic hydroxyl groups excluding tert-OH is 5. The normalized spacial score (nSPS) is 52.7. The molecule has 2 saturated heterocycles. The molecule has 14 atom stereocenters. The van der Waals surface area contributed by atoms with Crippen LogP contribution >= 0.6 is 0 Å². The number of hydrogen-bond acceptors (Lipinski definition) is 14. The summed E-state index contributed by atoms with van der Waals surface area (Å²) in [5.74, 6) is 0. The summed E-state index contributed by atoms with van der Waals surface area (Å²) in [7, 11) is 0. The Morgan fingerprint density at radius 2 is 1.28 bits per heavy atom. The molecule has 32 heavy (non-hydrogen) atoms. The maximum absolute atomic E-state index is 11.0. The van der Waals surface area contributed by atoms with Gasteiger partial charge < -0.3 is 73.1 Å². The van der Waals surface area contributed by atoms with Gasteiger partial charge in [0.2, 0.25) is 0 Å². The van der Waals surface area contributed by atoms with Gasteiger partial charge in [-0.1, -0.05) is 0 Å². The van der Waals surface area contributed by atoms with Gasteiger partial charge in [0.1, 0.15) is 36.6 Å². The molecule has 1 unspecified atom stereocenters. The molecule has 1 aliphatic carbocycles. The zero-order chi connectivity index (χ0) is 23.7. The monoisotopic (exact) mass is 467 g/mol. The Morgan fingerprint density at radius 1 is 0.719 bits per heavy atom. The summed E-state index contributed by atoms with van der Waals surface area (Å²) in [4.78, 5) is 0. The van der Waals surface area contributed by atoms with Crippen LogP contribution in [0.1, 0.15) is 12.8 Å². The number of aliphatic hydroxyl groups is 5. The van der Waals surface area contributed by atoms with Crippen molar-refractivity contribution in [2.45, 2.75) is 98.4 Å². The van der Waals surface area contributed by atoms with Gasteiger partial charge in [-0.15, -0.1) is 0 Å². The van der Waals surface area contributed by atoms with E-state index in [2.05, 4.69) is 0 Å². The molecule has 0 spiro atoms. The van der Waals surface area contributed by atoms with Gasteiger partial charge in [-0.2, -0.15) is 0 Å². The first-order valence-electron chi connectivity index (χ1n) is 10.8. The zero-order valence-electron chi connectivity index (χ0n) is 17.7. The van der Waals surface area contributed by atoms with Crippen molar-refractivity contribution in [3.8, 4) is 0 Å². The molecule has 0 radical (unpaired) electrons. The third-order valence-electron chi connectivity index (χ3n) is 6.41. The zero-order valence-corrected chi connectivity index (χ0v) is 17.7. The van der Waals surface area contributed by atoms with Crippen molar-refractivity contribution < 1.29 is 44.5 Å². The second-order valence-corrected chi connectivity index (χ2v) is 8.78. The molecule has 3 rings (SSSR count). The molecular weight excluding hydrogens is 430 g/mol. The molecule has 2 heterocycles. The topological polar surface area (TPSA) is 268 Å². The second kappa shape index (κ2) is 10.8. The van der Waals surface area contributed by atoms with E-state index in [0.29, 0.717) is 0 Å². The lowest BCUT2D eigenvalue weighted by molar-refractivity contribution is -0.314. The highest BCUT2D eigenvalue weighted by Crippen LogP contribution is 2.30. The van der Waals surface area contributed by atoms with E-state index in [9.17, 15) is 25.5 Å². The standard InChI is InChI=1S/C18H37N5O9/c19-3-9-8(25)2-7(22)17(29-9)31-15-5(20)1-6(21)16(14(15)28)32-18-13(27)11(23)12(26)10(4-24)30-18/h5-18,24-28H,1-4,19-23H2/t5-,6+,7+,8-,9+,10+,11-,12+,13+,14-,15+,16-,17?,18+/m0/s1. The smallest absolute Gasteiger partial charge is 0.186 e. The molecule has 3 fully saturated rings. The molecule has 3 aliphatic rings. The molecular formula is C18H37N5O9. The minimum Gasteiger partial charge on any atom is -0.394 e. The lowest BCUT2D eigenvalue weighted by atomic mass is 9.84. The summed E-state index contributed by atoms with van der Waals surface area (Å²) in [6.45, 7) is -0.499. The SMILES string of the molecule is NC[C@H]1OC(O[C@H]2[C@H](O)[C@@H](O[C@H]3O[C@H](CO)[C@@H](O)[C@H](N)[C@H]3O)[C@H](N)C[C@@H]2N)[C@H](N)C[C@@H]1O. The van der Waals surface area contributed by atoms with Crippen molar-refractivity contribution in [1.29, 1.82) is 0 Å². The molecule has 1 saturated carbocycles. The van der Waals surface area contributed by atoms with Gasteiger partial charge in [-0.05, 0) is 12.8 Å². The Labute approximate surface area is 185 Å². The first-order chi connectivity index (χ1) is 15.1. The lowest BCUT2D eigenvalue weighted by Gasteiger charge is -2.47. The van der Waals surface area contributed by atoms with Gasteiger partial charge >= 0.3 is 0 Å². The third-order valence-corrected chi connectivity index (χ3v) is 6.41. The highest BCUT2D eigenvalue weighted by atomic mass is 16.7. The average Bonchev–Trinajstić information content (AvgIpc) is 2.75. The molecule has 188 valence electrons. The maximum Gasteiger partial charge on any atom is 0.186 e. The number of nitrogens with two attached hydrogens (primary N) is 5. The van der Waals surface area contributed by atoms with E-state index in [1.807, 2.05) is 0 Å². The molecule has 2 aliphatic heterocycles. The molecule has 0 amide bonds.